The van der Waals surface area contributed by atoms with E-state index < -0.39 is 11.8 Å². The first kappa shape index (κ1) is 28.7. The molecule has 11 nitrogen and oxygen atoms in total. The van der Waals surface area contributed by atoms with Gasteiger partial charge in [0.05, 0.1) is 32.8 Å². The zero-order valence-electron chi connectivity index (χ0n) is 21.4. The molecule has 0 unspecified atom stereocenters. The third-order valence-electron chi connectivity index (χ3n) is 6.05. The molecule has 2 aliphatic heterocycles. The second-order valence-corrected chi connectivity index (χ2v) is 8.84. The molecule has 1 fully saturated rings. The number of nitrogens with zero attached hydrogens (tertiary/aromatic N) is 2. The van der Waals surface area contributed by atoms with Crippen LogP contribution in [0.4, 0.5) is 5.69 Å². The van der Waals surface area contributed by atoms with E-state index in [1.165, 1.54) is 12.2 Å². The Labute approximate surface area is 221 Å². The number of carbonyl (C=O) groups is 5. The predicted molar refractivity (Wildman–Crippen MR) is 139 cm³/mol. The van der Waals surface area contributed by atoms with E-state index in [0.717, 1.165) is 35.5 Å². The highest BCUT2D eigenvalue weighted by atomic mass is 16.5. The van der Waals surface area contributed by atoms with E-state index in [0.29, 0.717) is 38.5 Å². The molecule has 5 amide bonds. The first-order valence-electron chi connectivity index (χ1n) is 12.7. The van der Waals surface area contributed by atoms with Crippen molar-refractivity contribution in [3.05, 3.63) is 54.3 Å². The van der Waals surface area contributed by atoms with Gasteiger partial charge in [-0.15, -0.1) is 0 Å². The number of amides is 5. The molecule has 3 rings (SSSR count). The molecular weight excluding hydrogens is 492 g/mol. The number of rotatable bonds is 17. The van der Waals surface area contributed by atoms with Crippen molar-refractivity contribution >= 4 is 35.2 Å². The molecular formula is C27H34N4O7. The highest BCUT2D eigenvalue weighted by molar-refractivity contribution is 6.13. The molecule has 0 bridgehead atoms. The van der Waals surface area contributed by atoms with Gasteiger partial charge in [0.1, 0.15) is 0 Å². The van der Waals surface area contributed by atoms with Gasteiger partial charge in [0, 0.05) is 56.0 Å². The average Bonchev–Trinajstić information content (AvgIpc) is 3.21. The van der Waals surface area contributed by atoms with Crippen LogP contribution in [0.1, 0.15) is 31.2 Å². The van der Waals surface area contributed by atoms with Gasteiger partial charge in [-0.1, -0.05) is 18.7 Å². The summed E-state index contributed by atoms with van der Waals surface area (Å²) in [5.74, 6) is -1.11. The number of hydrogen-bond acceptors (Lipinski definition) is 7. The molecule has 2 N–H and O–H groups in total. The van der Waals surface area contributed by atoms with E-state index >= 15 is 0 Å². The summed E-state index contributed by atoms with van der Waals surface area (Å²) in [5.41, 5.74) is 2.65. The summed E-state index contributed by atoms with van der Waals surface area (Å²) in [4.78, 5) is 60.9. The number of hydrogen-bond donors (Lipinski definition) is 2. The fourth-order valence-electron chi connectivity index (χ4n) is 3.75. The normalized spacial score (nSPS) is 14.6. The highest BCUT2D eigenvalue weighted by Crippen LogP contribution is 2.20. The lowest BCUT2D eigenvalue weighted by molar-refractivity contribution is -0.138. The Bertz CT molecular complexity index is 1050. The van der Waals surface area contributed by atoms with Crippen molar-refractivity contribution in [3.8, 4) is 0 Å². The van der Waals surface area contributed by atoms with Gasteiger partial charge < -0.3 is 25.0 Å². The molecule has 1 aromatic rings. The zero-order valence-corrected chi connectivity index (χ0v) is 21.4. The smallest absolute Gasteiger partial charge is 0.253 e. The predicted octanol–water partition coefficient (Wildman–Crippen LogP) is 1.16. The van der Waals surface area contributed by atoms with Gasteiger partial charge in [-0.05, 0) is 30.5 Å². The number of aryl methyl sites for hydroxylation is 1. The summed E-state index contributed by atoms with van der Waals surface area (Å²) in [6.45, 7) is 6.26. The molecule has 204 valence electrons. The van der Waals surface area contributed by atoms with Crippen LogP contribution >= 0.6 is 0 Å². The Morgan fingerprint density at radius 3 is 2.18 bits per heavy atom. The maximum atomic E-state index is 12.1. The maximum absolute atomic E-state index is 12.1. The first-order chi connectivity index (χ1) is 18.3. The van der Waals surface area contributed by atoms with Crippen molar-refractivity contribution in [1.29, 1.82) is 0 Å². The molecule has 0 spiro atoms. The first-order valence-corrected chi connectivity index (χ1v) is 12.7. The van der Waals surface area contributed by atoms with Crippen LogP contribution in [0.25, 0.3) is 0 Å². The minimum atomic E-state index is -0.408. The molecule has 0 atom stereocenters. The molecule has 0 aliphatic carbocycles. The SMILES string of the molecule is C=C(CCc1ccc(NC(=O)CCOCCOCCNC(=O)CCN2C(=O)C=CC2=O)cc1)N1CCC1=O. The minimum Gasteiger partial charge on any atom is -0.379 e. The summed E-state index contributed by atoms with van der Waals surface area (Å²) >= 11 is 0. The maximum Gasteiger partial charge on any atom is 0.253 e. The van der Waals surface area contributed by atoms with Crippen LogP contribution in [0.3, 0.4) is 0 Å². The molecule has 1 saturated heterocycles. The molecule has 2 heterocycles. The monoisotopic (exact) mass is 526 g/mol. The van der Waals surface area contributed by atoms with Crippen LogP contribution in [0, 0.1) is 0 Å². The summed E-state index contributed by atoms with van der Waals surface area (Å²) in [7, 11) is 0. The topological polar surface area (TPSA) is 134 Å². The lowest BCUT2D eigenvalue weighted by atomic mass is 10.1. The number of likely N-dealkylation sites (tertiary alicyclic amines) is 1. The van der Waals surface area contributed by atoms with Gasteiger partial charge >= 0.3 is 0 Å². The van der Waals surface area contributed by atoms with E-state index in [-0.39, 0.29) is 43.7 Å². The van der Waals surface area contributed by atoms with Crippen LogP contribution in [0.15, 0.2) is 48.7 Å². The number of imide groups is 1. The zero-order chi connectivity index (χ0) is 27.3. The Morgan fingerprint density at radius 2 is 1.55 bits per heavy atom. The molecule has 1 aromatic carbocycles. The third kappa shape index (κ3) is 9.24. The van der Waals surface area contributed by atoms with Gasteiger partial charge in [0.25, 0.3) is 11.8 Å². The van der Waals surface area contributed by atoms with Gasteiger partial charge in [-0.2, -0.15) is 0 Å². The van der Waals surface area contributed by atoms with Crippen molar-refractivity contribution in [2.75, 3.05) is 51.4 Å². The molecule has 0 radical (unpaired) electrons. The molecule has 0 aromatic heterocycles. The standard InChI is InChI=1S/C27H34N4O7/c1-20(30-15-11-27(30)36)2-3-21-4-6-22(7-5-21)29-24(33)12-16-37-18-19-38-17-13-28-23(32)10-14-31-25(34)8-9-26(31)35/h4-9H,1-3,10-19H2,(H,28,32)(H,29,33). The van der Waals surface area contributed by atoms with E-state index in [1.54, 1.807) is 4.90 Å². The number of β-lactam (4-membered cyclic amide) rings is 1. The van der Waals surface area contributed by atoms with Crippen LogP contribution in [0.2, 0.25) is 0 Å². The lowest BCUT2D eigenvalue weighted by Crippen LogP contribution is -2.42. The van der Waals surface area contributed by atoms with Crippen molar-refractivity contribution in [3.63, 3.8) is 0 Å². The van der Waals surface area contributed by atoms with Gasteiger partial charge in [0.2, 0.25) is 17.7 Å². The summed E-state index contributed by atoms with van der Waals surface area (Å²) in [5, 5.41) is 5.49. The van der Waals surface area contributed by atoms with Gasteiger partial charge in [0.15, 0.2) is 0 Å². The largest absolute Gasteiger partial charge is 0.379 e. The summed E-state index contributed by atoms with van der Waals surface area (Å²) in [6, 6.07) is 7.59. The number of ether oxygens (including phenoxy) is 2. The number of carbonyl (C=O) groups excluding carboxylic acids is 5. The quantitative estimate of drug-likeness (QED) is 0.177. The van der Waals surface area contributed by atoms with Crippen LogP contribution in [0.5, 0.6) is 0 Å². The molecule has 38 heavy (non-hydrogen) atoms. The third-order valence-corrected chi connectivity index (χ3v) is 6.05. The molecule has 2 aliphatic rings. The van der Waals surface area contributed by atoms with Gasteiger partial charge in [-0.25, -0.2) is 0 Å². The fraction of sp³-hybridized carbons (Fsp3) is 0.444. The Balaban J connectivity index is 1.15. The van der Waals surface area contributed by atoms with Crippen molar-refractivity contribution < 1.29 is 33.4 Å². The van der Waals surface area contributed by atoms with Crippen LogP contribution in [-0.4, -0.2) is 85.4 Å². The molecule has 0 saturated carbocycles. The Morgan fingerprint density at radius 1 is 0.868 bits per heavy atom. The van der Waals surface area contributed by atoms with E-state index in [2.05, 4.69) is 17.2 Å². The number of benzene rings is 1. The second kappa shape index (κ2) is 14.8. The Kier molecular flexibility index (Phi) is 11.2. The van der Waals surface area contributed by atoms with Crippen molar-refractivity contribution in [2.45, 2.75) is 32.1 Å². The highest BCUT2D eigenvalue weighted by Gasteiger charge is 2.25. The minimum absolute atomic E-state index is 0.0344. The summed E-state index contributed by atoms with van der Waals surface area (Å²) in [6.07, 6.45) is 4.71. The van der Waals surface area contributed by atoms with Crippen molar-refractivity contribution in [1.82, 2.24) is 15.1 Å². The van der Waals surface area contributed by atoms with Crippen molar-refractivity contribution in [2.24, 2.45) is 0 Å². The molecule has 11 heteroatoms. The number of anilines is 1. The van der Waals surface area contributed by atoms with E-state index in [4.69, 9.17) is 9.47 Å². The lowest BCUT2D eigenvalue weighted by Gasteiger charge is -2.32. The number of nitrogens with one attached hydrogen (secondary N) is 2. The van der Waals surface area contributed by atoms with Gasteiger partial charge in [-0.3, -0.25) is 28.9 Å². The second-order valence-electron chi connectivity index (χ2n) is 8.84. The summed E-state index contributed by atoms with van der Waals surface area (Å²) < 4.78 is 10.8. The van der Waals surface area contributed by atoms with E-state index in [1.807, 2.05) is 24.3 Å². The number of allylic oxidation sites excluding steroid dienone is 1. The Hall–Kier alpha value is -3.83. The van der Waals surface area contributed by atoms with Crippen LogP contribution < -0.4 is 10.6 Å². The fourth-order valence-corrected chi connectivity index (χ4v) is 3.75. The average molecular weight is 527 g/mol. The van der Waals surface area contributed by atoms with E-state index in [9.17, 15) is 24.0 Å². The van der Waals surface area contributed by atoms with Crippen LogP contribution in [-0.2, 0) is 39.9 Å².